The Morgan fingerprint density at radius 1 is 1.14 bits per heavy atom. The van der Waals surface area contributed by atoms with E-state index in [2.05, 4.69) is 45.3 Å². The topological polar surface area (TPSA) is 24.9 Å². The molecule has 0 bridgehead atoms. The van der Waals surface area contributed by atoms with E-state index >= 15 is 0 Å². The third-order valence-electron chi connectivity index (χ3n) is 3.43. The van der Waals surface area contributed by atoms with Crippen LogP contribution in [0.3, 0.4) is 0 Å². The van der Waals surface area contributed by atoms with Crippen molar-refractivity contribution in [3.63, 3.8) is 0 Å². The van der Waals surface area contributed by atoms with Gasteiger partial charge in [0, 0.05) is 21.1 Å². The van der Waals surface area contributed by atoms with Gasteiger partial charge in [0.15, 0.2) is 0 Å². The standard InChI is InChI=1S/C17H14BrClN2/c1-11(14-8-7-13(18)10-15(14)19)21-16-6-2-4-12-5-3-9-20-17(12)16/h2-11,21H,1H3. The van der Waals surface area contributed by atoms with Crippen molar-refractivity contribution in [1.29, 1.82) is 0 Å². The quantitative estimate of drug-likeness (QED) is 0.635. The molecule has 106 valence electrons. The Bertz CT molecular complexity index is 783. The Hall–Kier alpha value is -1.58. The average molecular weight is 362 g/mol. The fraction of sp³-hybridized carbons (Fsp3) is 0.118. The SMILES string of the molecule is CC(Nc1cccc2cccnc12)c1ccc(Br)cc1Cl. The number of hydrogen-bond donors (Lipinski definition) is 1. The monoisotopic (exact) mass is 360 g/mol. The molecule has 4 heteroatoms. The van der Waals surface area contributed by atoms with Crippen LogP contribution in [0.4, 0.5) is 5.69 Å². The number of benzene rings is 2. The molecule has 1 aromatic heterocycles. The number of nitrogens with zero attached hydrogens (tertiary/aromatic N) is 1. The van der Waals surface area contributed by atoms with Crippen LogP contribution in [0.25, 0.3) is 10.9 Å². The lowest BCUT2D eigenvalue weighted by Gasteiger charge is -2.18. The minimum Gasteiger partial charge on any atom is -0.377 e. The zero-order valence-electron chi connectivity index (χ0n) is 11.5. The van der Waals surface area contributed by atoms with E-state index in [0.29, 0.717) is 0 Å². The molecule has 0 aliphatic heterocycles. The van der Waals surface area contributed by atoms with Crippen molar-refractivity contribution in [3.05, 3.63) is 69.8 Å². The third kappa shape index (κ3) is 3.04. The lowest BCUT2D eigenvalue weighted by atomic mass is 10.1. The second-order valence-corrected chi connectivity index (χ2v) is 6.24. The number of halogens is 2. The van der Waals surface area contributed by atoms with E-state index in [9.17, 15) is 0 Å². The largest absolute Gasteiger partial charge is 0.377 e. The van der Waals surface area contributed by atoms with Gasteiger partial charge in [-0.25, -0.2) is 0 Å². The summed E-state index contributed by atoms with van der Waals surface area (Å²) in [7, 11) is 0. The summed E-state index contributed by atoms with van der Waals surface area (Å²) in [5.74, 6) is 0. The maximum absolute atomic E-state index is 6.32. The summed E-state index contributed by atoms with van der Waals surface area (Å²) < 4.78 is 0.982. The first-order valence-electron chi connectivity index (χ1n) is 6.70. The molecule has 2 nitrogen and oxygen atoms in total. The number of rotatable bonds is 3. The van der Waals surface area contributed by atoms with Crippen LogP contribution in [0.2, 0.25) is 5.02 Å². The van der Waals surface area contributed by atoms with Gasteiger partial charge in [-0.15, -0.1) is 0 Å². The molecule has 0 aliphatic rings. The highest BCUT2D eigenvalue weighted by Gasteiger charge is 2.11. The first-order valence-corrected chi connectivity index (χ1v) is 7.87. The summed E-state index contributed by atoms with van der Waals surface area (Å²) in [6.07, 6.45) is 1.81. The van der Waals surface area contributed by atoms with Gasteiger partial charge in [0.25, 0.3) is 0 Å². The van der Waals surface area contributed by atoms with Gasteiger partial charge in [0.1, 0.15) is 0 Å². The lowest BCUT2D eigenvalue weighted by molar-refractivity contribution is 0.886. The van der Waals surface area contributed by atoms with E-state index in [1.54, 1.807) is 0 Å². The second kappa shape index (κ2) is 6.04. The van der Waals surface area contributed by atoms with Crippen molar-refractivity contribution in [1.82, 2.24) is 4.98 Å². The zero-order chi connectivity index (χ0) is 14.8. The molecule has 0 radical (unpaired) electrons. The fourth-order valence-electron chi connectivity index (χ4n) is 2.38. The van der Waals surface area contributed by atoms with Crippen LogP contribution in [-0.2, 0) is 0 Å². The first-order chi connectivity index (χ1) is 10.1. The number of para-hydroxylation sites is 1. The van der Waals surface area contributed by atoms with E-state index in [1.807, 2.05) is 42.6 Å². The molecule has 1 unspecified atom stereocenters. The van der Waals surface area contributed by atoms with E-state index in [1.165, 1.54) is 0 Å². The predicted molar refractivity (Wildman–Crippen MR) is 92.9 cm³/mol. The average Bonchev–Trinajstić information content (AvgIpc) is 2.47. The van der Waals surface area contributed by atoms with E-state index < -0.39 is 0 Å². The Morgan fingerprint density at radius 2 is 1.95 bits per heavy atom. The maximum Gasteiger partial charge on any atom is 0.0933 e. The molecule has 2 aromatic carbocycles. The Kier molecular flexibility index (Phi) is 4.13. The minimum atomic E-state index is 0.0956. The number of aromatic nitrogens is 1. The summed E-state index contributed by atoms with van der Waals surface area (Å²) in [5.41, 5.74) is 3.05. The number of pyridine rings is 1. The zero-order valence-corrected chi connectivity index (χ0v) is 13.8. The summed E-state index contributed by atoms with van der Waals surface area (Å²) in [4.78, 5) is 4.46. The van der Waals surface area contributed by atoms with Crippen LogP contribution in [0.1, 0.15) is 18.5 Å². The highest BCUT2D eigenvalue weighted by molar-refractivity contribution is 9.10. The Balaban J connectivity index is 1.94. The molecule has 1 N–H and O–H groups in total. The van der Waals surface area contributed by atoms with Gasteiger partial charge < -0.3 is 5.32 Å². The van der Waals surface area contributed by atoms with Crippen molar-refractivity contribution in [2.45, 2.75) is 13.0 Å². The molecule has 0 amide bonds. The fourth-order valence-corrected chi connectivity index (χ4v) is 3.22. The van der Waals surface area contributed by atoms with Crippen LogP contribution in [-0.4, -0.2) is 4.98 Å². The van der Waals surface area contributed by atoms with Crippen molar-refractivity contribution in [2.75, 3.05) is 5.32 Å². The molecule has 3 rings (SSSR count). The highest BCUT2D eigenvalue weighted by atomic mass is 79.9. The molecule has 0 saturated heterocycles. The van der Waals surface area contributed by atoms with Crippen LogP contribution >= 0.6 is 27.5 Å². The molecule has 3 aromatic rings. The molecular weight excluding hydrogens is 348 g/mol. The summed E-state index contributed by atoms with van der Waals surface area (Å²) in [6.45, 7) is 2.09. The van der Waals surface area contributed by atoms with Crippen molar-refractivity contribution in [2.24, 2.45) is 0 Å². The summed E-state index contributed by atoms with van der Waals surface area (Å²) in [5, 5.41) is 5.37. The number of hydrogen-bond acceptors (Lipinski definition) is 2. The number of anilines is 1. The molecule has 0 saturated carbocycles. The second-order valence-electron chi connectivity index (χ2n) is 4.91. The van der Waals surface area contributed by atoms with E-state index in [-0.39, 0.29) is 6.04 Å². The van der Waals surface area contributed by atoms with Gasteiger partial charge in [0.05, 0.1) is 17.2 Å². The van der Waals surface area contributed by atoms with Gasteiger partial charge >= 0.3 is 0 Å². The lowest BCUT2D eigenvalue weighted by Crippen LogP contribution is -2.07. The molecule has 0 aliphatic carbocycles. The first kappa shape index (κ1) is 14.4. The summed E-state index contributed by atoms with van der Waals surface area (Å²) >= 11 is 9.75. The van der Waals surface area contributed by atoms with Gasteiger partial charge in [0.2, 0.25) is 0 Å². The molecule has 0 fully saturated rings. The highest BCUT2D eigenvalue weighted by Crippen LogP contribution is 2.30. The molecular formula is C17H14BrClN2. The predicted octanol–water partition coefficient (Wildman–Crippen LogP) is 5.82. The summed E-state index contributed by atoms with van der Waals surface area (Å²) in [6, 6.07) is 16.2. The number of fused-ring (bicyclic) bond motifs is 1. The van der Waals surface area contributed by atoms with Gasteiger partial charge in [-0.1, -0.05) is 51.8 Å². The van der Waals surface area contributed by atoms with Gasteiger partial charge in [-0.05, 0) is 36.8 Å². The normalized spacial score (nSPS) is 12.3. The Morgan fingerprint density at radius 3 is 2.76 bits per heavy atom. The third-order valence-corrected chi connectivity index (χ3v) is 4.25. The minimum absolute atomic E-state index is 0.0956. The van der Waals surface area contributed by atoms with Gasteiger partial charge in [-0.2, -0.15) is 0 Å². The number of nitrogens with one attached hydrogen (secondary N) is 1. The van der Waals surface area contributed by atoms with Gasteiger partial charge in [-0.3, -0.25) is 4.98 Å². The van der Waals surface area contributed by atoms with Crippen LogP contribution in [0.5, 0.6) is 0 Å². The maximum atomic E-state index is 6.32. The van der Waals surface area contributed by atoms with Crippen molar-refractivity contribution in [3.8, 4) is 0 Å². The van der Waals surface area contributed by atoms with Crippen LogP contribution in [0.15, 0.2) is 59.2 Å². The van der Waals surface area contributed by atoms with E-state index in [0.717, 1.165) is 31.6 Å². The molecule has 1 atom stereocenters. The van der Waals surface area contributed by atoms with Crippen LogP contribution in [0, 0.1) is 0 Å². The van der Waals surface area contributed by atoms with E-state index in [4.69, 9.17) is 11.6 Å². The Labute approximate surface area is 137 Å². The van der Waals surface area contributed by atoms with Crippen molar-refractivity contribution >= 4 is 44.1 Å². The van der Waals surface area contributed by atoms with Crippen molar-refractivity contribution < 1.29 is 0 Å². The van der Waals surface area contributed by atoms with Crippen LogP contribution < -0.4 is 5.32 Å². The molecule has 21 heavy (non-hydrogen) atoms. The molecule has 1 heterocycles. The molecule has 0 spiro atoms. The smallest absolute Gasteiger partial charge is 0.0933 e.